The molecule has 0 atom stereocenters. The number of halogens is 4. The van der Waals surface area contributed by atoms with E-state index < -0.39 is 44.8 Å². The Labute approximate surface area is 169 Å². The number of carbonyl (C=O) groups excluding carboxylic acids is 1. The first-order valence-electron chi connectivity index (χ1n) is 8.15. The average Bonchev–Trinajstić information content (AvgIpc) is 2.63. The quantitative estimate of drug-likeness (QED) is 0.671. The van der Waals surface area contributed by atoms with Crippen molar-refractivity contribution in [2.45, 2.75) is 25.0 Å². The molecule has 1 amide bonds. The largest absolute Gasteiger partial charge is 0.417 e. The molecule has 0 unspecified atom stereocenters. The van der Waals surface area contributed by atoms with Crippen LogP contribution in [-0.4, -0.2) is 25.9 Å². The molecule has 29 heavy (non-hydrogen) atoms. The zero-order chi connectivity index (χ0) is 21.8. The number of sulfonamides is 1. The topological polar surface area (TPSA) is 97.3 Å². The van der Waals surface area contributed by atoms with Crippen LogP contribution in [0.4, 0.5) is 13.2 Å². The van der Waals surface area contributed by atoms with Crippen LogP contribution in [0.5, 0.6) is 0 Å². The van der Waals surface area contributed by atoms with E-state index >= 15 is 0 Å². The maximum Gasteiger partial charge on any atom is 0.417 e. The average molecular weight is 452 g/mol. The zero-order valence-electron chi connectivity index (χ0n) is 15.1. The molecule has 0 bridgehead atoms. The number of nitrogens with one attached hydrogen (secondary N) is 2. The second kappa shape index (κ2) is 8.97. The standard InChI is InChI=1S/C17H17ClF3N3O4S/c1-22-29(27,28)10-12-5-3-2-4-11(12)7-23-15(25)9-24-8-13(17(19,20)21)6-14(18)16(24)26/h2-6,8,22H,7,9-10H2,1H3,(H,23,25). The van der Waals surface area contributed by atoms with E-state index in [9.17, 15) is 31.2 Å². The van der Waals surface area contributed by atoms with Gasteiger partial charge in [0.15, 0.2) is 0 Å². The molecule has 0 saturated heterocycles. The monoisotopic (exact) mass is 451 g/mol. The van der Waals surface area contributed by atoms with Gasteiger partial charge in [0.2, 0.25) is 15.9 Å². The fourth-order valence-electron chi connectivity index (χ4n) is 2.42. The van der Waals surface area contributed by atoms with Crippen LogP contribution >= 0.6 is 11.6 Å². The number of hydrogen-bond donors (Lipinski definition) is 2. The maximum absolute atomic E-state index is 12.9. The minimum Gasteiger partial charge on any atom is -0.350 e. The Hall–Kier alpha value is -2.37. The molecule has 0 aliphatic heterocycles. The molecule has 2 N–H and O–H groups in total. The van der Waals surface area contributed by atoms with E-state index in [0.29, 0.717) is 28.0 Å². The smallest absolute Gasteiger partial charge is 0.350 e. The van der Waals surface area contributed by atoms with Crippen LogP contribution in [0.25, 0.3) is 0 Å². The number of hydrogen-bond acceptors (Lipinski definition) is 4. The molecule has 2 aromatic rings. The first-order valence-corrected chi connectivity index (χ1v) is 10.2. The van der Waals surface area contributed by atoms with E-state index in [1.165, 1.54) is 7.05 Å². The maximum atomic E-state index is 12.9. The van der Waals surface area contributed by atoms with E-state index in [-0.39, 0.29) is 12.3 Å². The van der Waals surface area contributed by atoms with Crippen LogP contribution in [0.2, 0.25) is 5.02 Å². The van der Waals surface area contributed by atoms with E-state index in [1.54, 1.807) is 24.3 Å². The summed E-state index contributed by atoms with van der Waals surface area (Å²) < 4.78 is 64.8. The molecule has 1 heterocycles. The van der Waals surface area contributed by atoms with Crippen LogP contribution in [-0.2, 0) is 39.8 Å². The Bertz CT molecular complexity index is 1070. The van der Waals surface area contributed by atoms with Gasteiger partial charge in [0.1, 0.15) is 11.6 Å². The highest BCUT2D eigenvalue weighted by atomic mass is 35.5. The van der Waals surface area contributed by atoms with Crippen LogP contribution in [0, 0.1) is 0 Å². The van der Waals surface area contributed by atoms with Gasteiger partial charge < -0.3 is 9.88 Å². The molecule has 0 aliphatic rings. The predicted octanol–water partition coefficient (Wildman–Crippen LogP) is 1.89. The van der Waals surface area contributed by atoms with Crippen molar-refractivity contribution >= 4 is 27.5 Å². The Kier molecular flexibility index (Phi) is 7.09. The van der Waals surface area contributed by atoms with Crippen molar-refractivity contribution in [2.24, 2.45) is 0 Å². The van der Waals surface area contributed by atoms with Gasteiger partial charge in [-0.1, -0.05) is 35.9 Å². The first kappa shape index (κ1) is 22.9. The number of nitrogens with zero attached hydrogens (tertiary/aromatic N) is 1. The lowest BCUT2D eigenvalue weighted by molar-refractivity contribution is -0.138. The summed E-state index contributed by atoms with van der Waals surface area (Å²) in [4.78, 5) is 24.0. The minimum absolute atomic E-state index is 0.0737. The number of benzene rings is 1. The predicted molar refractivity (Wildman–Crippen MR) is 101 cm³/mol. The SMILES string of the molecule is CNS(=O)(=O)Cc1ccccc1CNC(=O)Cn1cc(C(F)(F)F)cc(Cl)c1=O. The molecular weight excluding hydrogens is 435 g/mol. The Morgan fingerprint density at radius 1 is 1.21 bits per heavy atom. The second-order valence-electron chi connectivity index (χ2n) is 6.02. The summed E-state index contributed by atoms with van der Waals surface area (Å²) in [6.07, 6.45) is -4.21. The van der Waals surface area contributed by atoms with Gasteiger partial charge in [-0.2, -0.15) is 13.2 Å². The summed E-state index contributed by atoms with van der Waals surface area (Å²) in [6.45, 7) is -0.755. The molecular formula is C17H17ClF3N3O4S. The fraction of sp³-hybridized carbons (Fsp3) is 0.294. The van der Waals surface area contributed by atoms with E-state index in [4.69, 9.17) is 11.6 Å². The molecule has 7 nitrogen and oxygen atoms in total. The third-order valence-corrected chi connectivity index (χ3v) is 5.52. The fourth-order valence-corrected chi connectivity index (χ4v) is 3.49. The van der Waals surface area contributed by atoms with Gasteiger partial charge >= 0.3 is 6.18 Å². The number of alkyl halides is 3. The summed E-state index contributed by atoms with van der Waals surface area (Å²) in [5, 5.41) is 1.80. The molecule has 0 spiro atoms. The molecule has 0 aliphatic carbocycles. The Balaban J connectivity index is 2.14. The summed E-state index contributed by atoms with van der Waals surface area (Å²) in [7, 11) is -2.27. The summed E-state index contributed by atoms with van der Waals surface area (Å²) in [6, 6.07) is 6.96. The van der Waals surface area contributed by atoms with Crippen molar-refractivity contribution < 1.29 is 26.4 Å². The van der Waals surface area contributed by atoms with Crippen molar-refractivity contribution in [3.63, 3.8) is 0 Å². The number of pyridine rings is 1. The first-order chi connectivity index (χ1) is 13.4. The molecule has 1 aromatic heterocycles. The zero-order valence-corrected chi connectivity index (χ0v) is 16.7. The lowest BCUT2D eigenvalue weighted by Gasteiger charge is -2.13. The Morgan fingerprint density at radius 3 is 2.41 bits per heavy atom. The van der Waals surface area contributed by atoms with E-state index in [1.807, 2.05) is 0 Å². The highest BCUT2D eigenvalue weighted by molar-refractivity contribution is 7.88. The van der Waals surface area contributed by atoms with Crippen molar-refractivity contribution in [3.8, 4) is 0 Å². The van der Waals surface area contributed by atoms with Crippen molar-refractivity contribution in [1.82, 2.24) is 14.6 Å². The molecule has 158 valence electrons. The summed E-state index contributed by atoms with van der Waals surface area (Å²) >= 11 is 5.55. The Morgan fingerprint density at radius 2 is 1.83 bits per heavy atom. The third-order valence-electron chi connectivity index (χ3n) is 3.93. The minimum atomic E-state index is -4.73. The van der Waals surface area contributed by atoms with Crippen LogP contribution in [0.3, 0.4) is 0 Å². The van der Waals surface area contributed by atoms with Crippen molar-refractivity contribution in [1.29, 1.82) is 0 Å². The molecule has 0 radical (unpaired) electrons. The van der Waals surface area contributed by atoms with Gasteiger partial charge in [0, 0.05) is 12.7 Å². The van der Waals surface area contributed by atoms with Gasteiger partial charge in [-0.3, -0.25) is 9.59 Å². The normalized spacial score (nSPS) is 12.0. The summed E-state index contributed by atoms with van der Waals surface area (Å²) in [5.74, 6) is -1.05. The van der Waals surface area contributed by atoms with Crippen LogP contribution in [0.1, 0.15) is 16.7 Å². The van der Waals surface area contributed by atoms with Gasteiger partial charge in [0.25, 0.3) is 5.56 Å². The molecule has 0 saturated carbocycles. The highest BCUT2D eigenvalue weighted by Crippen LogP contribution is 2.29. The van der Waals surface area contributed by atoms with Crippen molar-refractivity contribution in [3.05, 3.63) is 68.6 Å². The molecule has 12 heteroatoms. The number of amides is 1. The number of carbonyl (C=O) groups is 1. The molecule has 1 aromatic carbocycles. The summed E-state index contributed by atoms with van der Waals surface area (Å²) in [5.41, 5.74) is -1.14. The van der Waals surface area contributed by atoms with E-state index in [2.05, 4.69) is 10.0 Å². The lowest BCUT2D eigenvalue weighted by Crippen LogP contribution is -2.33. The van der Waals surface area contributed by atoms with E-state index in [0.717, 1.165) is 0 Å². The van der Waals surface area contributed by atoms with Crippen molar-refractivity contribution in [2.75, 3.05) is 7.05 Å². The number of rotatable bonds is 7. The third kappa shape index (κ3) is 6.31. The highest BCUT2D eigenvalue weighted by Gasteiger charge is 2.32. The molecule has 2 rings (SSSR count). The van der Waals surface area contributed by atoms with Gasteiger partial charge in [-0.05, 0) is 24.2 Å². The van der Waals surface area contributed by atoms with Crippen LogP contribution in [0.15, 0.2) is 41.3 Å². The van der Waals surface area contributed by atoms with Crippen LogP contribution < -0.4 is 15.6 Å². The molecule has 0 fully saturated rings. The van der Waals surface area contributed by atoms with Gasteiger partial charge in [0.05, 0.1) is 11.3 Å². The van der Waals surface area contributed by atoms with Gasteiger partial charge in [-0.25, -0.2) is 13.1 Å². The lowest BCUT2D eigenvalue weighted by atomic mass is 10.1. The second-order valence-corrected chi connectivity index (χ2v) is 8.35. The van der Waals surface area contributed by atoms with Gasteiger partial charge in [-0.15, -0.1) is 0 Å². The number of aromatic nitrogens is 1.